The van der Waals surface area contributed by atoms with Gasteiger partial charge >= 0.3 is 0 Å². The molecule has 0 aromatic rings. The number of nitrogens with one attached hydrogen (secondary N) is 1. The molecule has 0 saturated carbocycles. The first-order chi connectivity index (χ1) is 32.0. The van der Waals surface area contributed by atoms with E-state index < -0.39 is 20.0 Å². The summed E-state index contributed by atoms with van der Waals surface area (Å²) in [7, 11) is 1.28. The van der Waals surface area contributed by atoms with Gasteiger partial charge in [-0.05, 0) is 19.3 Å². The lowest BCUT2D eigenvalue weighted by molar-refractivity contribution is -0.870. The third-order valence-corrected chi connectivity index (χ3v) is 14.5. The number of aliphatic hydroxyl groups excluding tert-OH is 1. The van der Waals surface area contributed by atoms with Crippen LogP contribution in [0.1, 0.15) is 296 Å². The van der Waals surface area contributed by atoms with Gasteiger partial charge in [-0.3, -0.25) is 9.36 Å². The molecule has 0 heterocycles. The number of unbranched alkanes of at least 4 members (excludes halogenated alkanes) is 41. The average molecular weight is 956 g/mol. The highest BCUT2D eigenvalue weighted by Gasteiger charge is 2.23. The van der Waals surface area contributed by atoms with E-state index in [1.54, 1.807) is 6.08 Å². The van der Waals surface area contributed by atoms with Crippen LogP contribution in [-0.4, -0.2) is 68.5 Å². The maximum atomic E-state index is 12.9. The Kier molecular flexibility index (Phi) is 48.7. The zero-order chi connectivity index (χ0) is 48.5. The molecule has 0 spiro atoms. The van der Waals surface area contributed by atoms with E-state index in [1.807, 2.05) is 27.2 Å². The van der Waals surface area contributed by atoms with E-state index in [1.165, 1.54) is 238 Å². The van der Waals surface area contributed by atoms with E-state index in [4.69, 9.17) is 9.05 Å². The van der Waals surface area contributed by atoms with Crippen molar-refractivity contribution in [3.8, 4) is 0 Å². The monoisotopic (exact) mass is 955 g/mol. The molecule has 0 radical (unpaired) electrons. The Morgan fingerprint density at radius 2 is 0.818 bits per heavy atom. The third-order valence-electron chi connectivity index (χ3n) is 13.5. The van der Waals surface area contributed by atoms with Gasteiger partial charge in [-0.25, -0.2) is 0 Å². The Morgan fingerprint density at radius 1 is 0.515 bits per heavy atom. The molecule has 66 heavy (non-hydrogen) atoms. The topological polar surface area (TPSA) is 108 Å². The molecule has 0 aromatic carbocycles. The van der Waals surface area contributed by atoms with Crippen LogP contribution in [-0.2, 0) is 18.4 Å². The molecule has 8 nitrogen and oxygen atoms in total. The predicted octanol–water partition coefficient (Wildman–Crippen LogP) is 16.8. The van der Waals surface area contributed by atoms with Gasteiger partial charge in [-0.2, -0.15) is 0 Å². The van der Waals surface area contributed by atoms with Crippen LogP contribution < -0.4 is 10.2 Å². The molecule has 0 aromatic heterocycles. The number of amides is 1. The van der Waals surface area contributed by atoms with E-state index in [9.17, 15) is 19.4 Å². The predicted molar refractivity (Wildman–Crippen MR) is 284 cm³/mol. The molecule has 3 atom stereocenters. The number of quaternary nitrogens is 1. The molecule has 0 rings (SSSR count). The highest BCUT2D eigenvalue weighted by molar-refractivity contribution is 7.45. The SMILES string of the molecule is CCCCCCCCCCCCCCCCCCCCCCCCCCC/C=C/C(O)C(COP(=O)([O-])OCC[N+](C)(C)C)NC(=O)CCCCCCCCCCCCCCCCCCC. The fraction of sp³-hybridized carbons (Fsp3) is 0.947. The number of nitrogens with zero attached hydrogens (tertiary/aromatic N) is 1. The van der Waals surface area contributed by atoms with Crippen molar-refractivity contribution in [1.29, 1.82) is 0 Å². The fourth-order valence-electron chi connectivity index (χ4n) is 8.92. The molecule has 394 valence electrons. The number of phosphoric acid groups is 1. The molecule has 9 heteroatoms. The minimum atomic E-state index is -4.59. The third kappa shape index (κ3) is 51.1. The number of phosphoric ester groups is 1. The Hall–Kier alpha value is -0.760. The van der Waals surface area contributed by atoms with Gasteiger partial charge in [0.2, 0.25) is 5.91 Å². The van der Waals surface area contributed by atoms with Crippen LogP contribution >= 0.6 is 7.82 Å². The molecule has 3 unspecified atom stereocenters. The number of aliphatic hydroxyl groups is 1. The highest BCUT2D eigenvalue weighted by Crippen LogP contribution is 2.38. The van der Waals surface area contributed by atoms with Gasteiger partial charge in [-0.15, -0.1) is 0 Å². The maximum absolute atomic E-state index is 12.9. The molecule has 0 saturated heterocycles. The van der Waals surface area contributed by atoms with E-state index in [0.717, 1.165) is 38.5 Å². The summed E-state index contributed by atoms with van der Waals surface area (Å²) in [4.78, 5) is 25.5. The first-order valence-corrected chi connectivity index (χ1v) is 30.5. The molecule has 0 aliphatic carbocycles. The van der Waals surface area contributed by atoms with Crippen molar-refractivity contribution >= 4 is 13.7 Å². The summed E-state index contributed by atoms with van der Waals surface area (Å²) in [5.41, 5.74) is 0. The lowest BCUT2D eigenvalue weighted by atomic mass is 10.0. The molecule has 0 fully saturated rings. The number of hydrogen-bond donors (Lipinski definition) is 2. The van der Waals surface area contributed by atoms with Crippen molar-refractivity contribution in [2.45, 2.75) is 309 Å². The van der Waals surface area contributed by atoms with Gasteiger partial charge in [0.25, 0.3) is 7.82 Å². The Balaban J connectivity index is 4.14. The lowest BCUT2D eigenvalue weighted by Gasteiger charge is -2.29. The molecule has 0 aliphatic rings. The quantitative estimate of drug-likeness (QED) is 0.0272. The molecule has 2 N–H and O–H groups in total. The summed E-state index contributed by atoms with van der Waals surface area (Å²) >= 11 is 0. The second-order valence-corrected chi connectivity index (χ2v) is 22.8. The van der Waals surface area contributed by atoms with Crippen LogP contribution in [0.3, 0.4) is 0 Å². The zero-order valence-electron chi connectivity index (χ0n) is 44.9. The molecular weight excluding hydrogens is 840 g/mol. The van der Waals surface area contributed by atoms with Crippen molar-refractivity contribution in [3.05, 3.63) is 12.2 Å². The second kappa shape index (κ2) is 49.2. The summed E-state index contributed by atoms with van der Waals surface area (Å²) in [6.07, 6.45) is 60.0. The van der Waals surface area contributed by atoms with Gasteiger partial charge in [0.05, 0.1) is 39.9 Å². The minimum Gasteiger partial charge on any atom is -0.756 e. The van der Waals surface area contributed by atoms with Crippen molar-refractivity contribution in [2.24, 2.45) is 0 Å². The molecular formula is C57H115N2O6P. The van der Waals surface area contributed by atoms with Crippen molar-refractivity contribution in [1.82, 2.24) is 5.32 Å². The van der Waals surface area contributed by atoms with Crippen LogP contribution in [0.15, 0.2) is 12.2 Å². The first-order valence-electron chi connectivity index (χ1n) is 29.1. The van der Waals surface area contributed by atoms with Gasteiger partial charge in [0.1, 0.15) is 13.2 Å². The number of allylic oxidation sites excluding steroid dienone is 1. The second-order valence-electron chi connectivity index (χ2n) is 21.4. The Morgan fingerprint density at radius 3 is 1.14 bits per heavy atom. The smallest absolute Gasteiger partial charge is 0.268 e. The van der Waals surface area contributed by atoms with Crippen LogP contribution in [0.2, 0.25) is 0 Å². The normalized spacial score (nSPS) is 14.0. The Labute approximate surface area is 412 Å². The largest absolute Gasteiger partial charge is 0.756 e. The zero-order valence-corrected chi connectivity index (χ0v) is 45.8. The maximum Gasteiger partial charge on any atom is 0.268 e. The summed E-state index contributed by atoms with van der Waals surface area (Å²) < 4.78 is 23.4. The van der Waals surface area contributed by atoms with Gasteiger partial charge < -0.3 is 28.8 Å². The van der Waals surface area contributed by atoms with E-state index in [2.05, 4.69) is 19.2 Å². The fourth-order valence-corrected chi connectivity index (χ4v) is 9.64. The highest BCUT2D eigenvalue weighted by atomic mass is 31.2. The number of rotatable bonds is 54. The standard InChI is InChI=1S/C57H115N2O6P/c1-6-8-10-12-14-16-18-20-22-24-25-26-27-28-29-30-31-32-33-35-36-38-40-42-44-46-48-50-56(60)55(54-65-66(62,63)64-53-52-59(3,4)5)58-57(61)51-49-47-45-43-41-39-37-34-23-21-19-17-15-13-11-9-7-2/h48,50,55-56,60H,6-47,49,51-54H2,1-5H3,(H-,58,61,62,63)/b50-48+. The van der Waals surface area contributed by atoms with Crippen LogP contribution in [0.5, 0.6) is 0 Å². The number of likely N-dealkylation sites (N-methyl/N-ethyl adjacent to an activating group) is 1. The summed E-state index contributed by atoms with van der Waals surface area (Å²) in [5.74, 6) is -0.191. The van der Waals surface area contributed by atoms with Crippen molar-refractivity contribution in [3.63, 3.8) is 0 Å². The Bertz CT molecular complexity index is 1080. The summed E-state index contributed by atoms with van der Waals surface area (Å²) in [6.45, 7) is 4.70. The van der Waals surface area contributed by atoms with Gasteiger partial charge in [-0.1, -0.05) is 283 Å². The van der Waals surface area contributed by atoms with Crippen LogP contribution in [0.4, 0.5) is 0 Å². The van der Waals surface area contributed by atoms with Gasteiger partial charge in [0, 0.05) is 6.42 Å². The van der Waals surface area contributed by atoms with E-state index in [-0.39, 0.29) is 19.1 Å². The van der Waals surface area contributed by atoms with Crippen molar-refractivity contribution < 1.29 is 32.9 Å². The molecule has 0 bridgehead atoms. The van der Waals surface area contributed by atoms with Gasteiger partial charge in [0.15, 0.2) is 0 Å². The summed E-state index contributed by atoms with van der Waals surface area (Å²) in [5, 5.41) is 13.9. The average Bonchev–Trinajstić information content (AvgIpc) is 3.28. The number of carbonyl (C=O) groups excluding carboxylic acids is 1. The minimum absolute atomic E-state index is 0.00266. The van der Waals surface area contributed by atoms with Crippen LogP contribution in [0.25, 0.3) is 0 Å². The van der Waals surface area contributed by atoms with E-state index >= 15 is 0 Å². The molecule has 0 aliphatic heterocycles. The van der Waals surface area contributed by atoms with E-state index in [0.29, 0.717) is 17.4 Å². The number of hydrogen-bond acceptors (Lipinski definition) is 6. The van der Waals surface area contributed by atoms with Crippen molar-refractivity contribution in [2.75, 3.05) is 40.9 Å². The first kappa shape index (κ1) is 65.2. The molecule has 1 amide bonds. The number of carbonyl (C=O) groups is 1. The van der Waals surface area contributed by atoms with Crippen LogP contribution in [0, 0.1) is 0 Å². The lowest BCUT2D eigenvalue weighted by Crippen LogP contribution is -2.45. The summed E-state index contributed by atoms with van der Waals surface area (Å²) in [6, 6.07) is -0.882.